The van der Waals surface area contributed by atoms with Crippen molar-refractivity contribution in [2.45, 2.75) is 96.4 Å². The van der Waals surface area contributed by atoms with Crippen LogP contribution in [0.5, 0.6) is 0 Å². The molecule has 0 aromatic heterocycles. The molecule has 1 unspecified atom stereocenters. The van der Waals surface area contributed by atoms with E-state index in [1.807, 2.05) is 42.5 Å². The number of benzene rings is 1. The normalized spacial score (nSPS) is 44.5. The van der Waals surface area contributed by atoms with Gasteiger partial charge in [-0.2, -0.15) is 13.2 Å². The second kappa shape index (κ2) is 9.15. The summed E-state index contributed by atoms with van der Waals surface area (Å²) in [7, 11) is 0. The molecule has 1 aromatic rings. The summed E-state index contributed by atoms with van der Waals surface area (Å²) in [6, 6.07) is 10.1. The summed E-state index contributed by atoms with van der Waals surface area (Å²) in [6.45, 7) is 6.87. The third-order valence-electron chi connectivity index (χ3n) is 11.8. The largest absolute Gasteiger partial charge is 0.417 e. The minimum Gasteiger partial charge on any atom is -0.389 e. The second-order valence-electron chi connectivity index (χ2n) is 13.2. The Morgan fingerprint density at radius 3 is 2.31 bits per heavy atom. The quantitative estimate of drug-likeness (QED) is 0.442. The zero-order chi connectivity index (χ0) is 25.9. The molecule has 2 N–H and O–H groups in total. The van der Waals surface area contributed by atoms with Gasteiger partial charge in [0.05, 0.1) is 6.10 Å². The number of aliphatic hydroxyl groups excluding tert-OH is 1. The lowest BCUT2D eigenvalue weighted by Gasteiger charge is -2.62. The van der Waals surface area contributed by atoms with Gasteiger partial charge in [0.1, 0.15) is 0 Å². The monoisotopic (exact) mass is 504 g/mol. The van der Waals surface area contributed by atoms with Crippen LogP contribution in [-0.2, 0) is 0 Å². The lowest BCUT2D eigenvalue weighted by atomic mass is 9.43. The molecule has 0 amide bonds. The van der Waals surface area contributed by atoms with Crippen LogP contribution < -0.4 is 0 Å². The molecule has 0 heterocycles. The summed E-state index contributed by atoms with van der Waals surface area (Å²) in [6.07, 6.45) is 5.33. The predicted molar refractivity (Wildman–Crippen MR) is 137 cm³/mol. The van der Waals surface area contributed by atoms with Crippen molar-refractivity contribution in [1.82, 2.24) is 0 Å². The van der Waals surface area contributed by atoms with E-state index >= 15 is 0 Å². The highest BCUT2D eigenvalue weighted by Crippen LogP contribution is 2.69. The summed E-state index contributed by atoms with van der Waals surface area (Å²) in [4.78, 5) is 0. The van der Waals surface area contributed by atoms with Crippen molar-refractivity contribution in [3.05, 3.63) is 42.0 Å². The van der Waals surface area contributed by atoms with E-state index < -0.39 is 17.9 Å². The van der Waals surface area contributed by atoms with Gasteiger partial charge in [-0.1, -0.05) is 63.3 Å². The number of fused-ring (bicyclic) bond motifs is 5. The van der Waals surface area contributed by atoms with Crippen LogP contribution in [0.4, 0.5) is 13.2 Å². The molecule has 4 fully saturated rings. The molecule has 200 valence electrons. The predicted octanol–water partition coefficient (Wildman–Crippen LogP) is 7.65. The van der Waals surface area contributed by atoms with Crippen LogP contribution in [0.25, 0.3) is 6.08 Å². The van der Waals surface area contributed by atoms with Crippen LogP contribution in [0.1, 0.15) is 84.1 Å². The Hall–Kier alpha value is -1.33. The van der Waals surface area contributed by atoms with E-state index in [0.29, 0.717) is 30.1 Å². The topological polar surface area (TPSA) is 40.5 Å². The van der Waals surface area contributed by atoms with Crippen LogP contribution in [0.3, 0.4) is 0 Å². The second-order valence-corrected chi connectivity index (χ2v) is 13.2. The highest BCUT2D eigenvalue weighted by molar-refractivity contribution is 5.49. The van der Waals surface area contributed by atoms with E-state index in [-0.39, 0.29) is 35.5 Å². The van der Waals surface area contributed by atoms with Crippen molar-refractivity contribution in [2.24, 2.45) is 46.3 Å². The Balaban J connectivity index is 1.30. The van der Waals surface area contributed by atoms with Crippen LogP contribution in [-0.4, -0.2) is 28.1 Å². The van der Waals surface area contributed by atoms with E-state index in [0.717, 1.165) is 44.1 Å². The average molecular weight is 505 g/mol. The maximum atomic E-state index is 13.6. The number of hydrogen-bond acceptors (Lipinski definition) is 2. The molecule has 0 bridgehead atoms. The standard InChI is InChI=1S/C31H43F3O2/c1-20(27(35)14-9-21-7-5-4-6-8-21)24-12-13-25-23-11-10-22-19-30(36,31(32,33)34)18-17-28(22,2)26(23)15-16-29(24,25)3/h4-9,14,20,22-27,35-36H,10-13,15-19H2,1-3H3/b14-9+/t20-,22-,23-,24+,25-,26-,27-,28-,29?,30-/m0/s1. The molecule has 0 saturated heterocycles. The van der Waals surface area contributed by atoms with E-state index in [4.69, 9.17) is 0 Å². The van der Waals surface area contributed by atoms with Gasteiger partial charge in [0.15, 0.2) is 5.60 Å². The molecule has 1 aromatic carbocycles. The van der Waals surface area contributed by atoms with Crippen molar-refractivity contribution >= 4 is 6.08 Å². The molecule has 4 aliphatic carbocycles. The Kier molecular flexibility index (Phi) is 6.68. The summed E-state index contributed by atoms with van der Waals surface area (Å²) in [5.74, 6) is 2.14. The van der Waals surface area contributed by atoms with Crippen LogP contribution >= 0.6 is 0 Å². The molecule has 4 saturated carbocycles. The number of hydrogen-bond donors (Lipinski definition) is 2. The van der Waals surface area contributed by atoms with Gasteiger partial charge in [-0.05, 0) is 110 Å². The van der Waals surface area contributed by atoms with Crippen LogP contribution in [0.2, 0.25) is 0 Å². The molecule has 5 heteroatoms. The lowest BCUT2D eigenvalue weighted by molar-refractivity contribution is -0.290. The molecular formula is C31H43F3O2. The average Bonchev–Trinajstić information content (AvgIpc) is 3.19. The first-order valence-corrected chi connectivity index (χ1v) is 14.1. The Morgan fingerprint density at radius 1 is 0.917 bits per heavy atom. The Bertz CT molecular complexity index is 960. The minimum atomic E-state index is -4.54. The summed E-state index contributed by atoms with van der Waals surface area (Å²) >= 11 is 0. The molecular weight excluding hydrogens is 461 g/mol. The third-order valence-corrected chi connectivity index (χ3v) is 11.8. The number of alkyl halides is 3. The van der Waals surface area contributed by atoms with Gasteiger partial charge >= 0.3 is 6.18 Å². The SMILES string of the molecule is C[C@@H]([C@H]1CC[C@H]2[C@@H]3CC[C@H]4C[C@](O)(C(F)(F)F)CC[C@]4(C)[C@H]3CCC12C)[C@@H](O)/C=C/c1ccccc1. The smallest absolute Gasteiger partial charge is 0.389 e. The fourth-order valence-corrected chi connectivity index (χ4v) is 9.59. The van der Waals surface area contributed by atoms with Gasteiger partial charge in [0.2, 0.25) is 0 Å². The van der Waals surface area contributed by atoms with Crippen molar-refractivity contribution in [1.29, 1.82) is 0 Å². The molecule has 4 aliphatic rings. The van der Waals surface area contributed by atoms with Gasteiger partial charge in [0.25, 0.3) is 0 Å². The maximum absolute atomic E-state index is 13.6. The summed E-state index contributed by atoms with van der Waals surface area (Å²) in [5, 5.41) is 21.5. The highest BCUT2D eigenvalue weighted by atomic mass is 19.4. The van der Waals surface area contributed by atoms with Crippen molar-refractivity contribution < 1.29 is 23.4 Å². The first kappa shape index (κ1) is 26.3. The zero-order valence-corrected chi connectivity index (χ0v) is 22.0. The van der Waals surface area contributed by atoms with Crippen LogP contribution in [0, 0.1) is 46.3 Å². The van der Waals surface area contributed by atoms with Crippen molar-refractivity contribution in [3.8, 4) is 0 Å². The summed E-state index contributed by atoms with van der Waals surface area (Å²) < 4.78 is 40.9. The van der Waals surface area contributed by atoms with Gasteiger partial charge in [0, 0.05) is 0 Å². The molecule has 36 heavy (non-hydrogen) atoms. The Morgan fingerprint density at radius 2 is 1.61 bits per heavy atom. The van der Waals surface area contributed by atoms with Crippen molar-refractivity contribution in [3.63, 3.8) is 0 Å². The van der Waals surface area contributed by atoms with Crippen LogP contribution in [0.15, 0.2) is 36.4 Å². The van der Waals surface area contributed by atoms with E-state index in [2.05, 4.69) is 20.8 Å². The van der Waals surface area contributed by atoms with E-state index in [9.17, 15) is 23.4 Å². The van der Waals surface area contributed by atoms with Gasteiger partial charge in [-0.25, -0.2) is 0 Å². The summed E-state index contributed by atoms with van der Waals surface area (Å²) in [5.41, 5.74) is -1.35. The molecule has 0 spiro atoms. The Labute approximate surface area is 214 Å². The van der Waals surface area contributed by atoms with Crippen molar-refractivity contribution in [2.75, 3.05) is 0 Å². The fourth-order valence-electron chi connectivity index (χ4n) is 9.59. The van der Waals surface area contributed by atoms with Gasteiger partial charge in [-0.3, -0.25) is 0 Å². The third kappa shape index (κ3) is 4.17. The number of halogens is 3. The lowest BCUT2D eigenvalue weighted by Crippen LogP contribution is -2.59. The van der Waals surface area contributed by atoms with Gasteiger partial charge in [-0.15, -0.1) is 0 Å². The van der Waals surface area contributed by atoms with Gasteiger partial charge < -0.3 is 10.2 Å². The highest BCUT2D eigenvalue weighted by Gasteiger charge is 2.65. The molecule has 2 nitrogen and oxygen atoms in total. The molecule has 0 aliphatic heterocycles. The van der Waals surface area contributed by atoms with E-state index in [1.54, 1.807) is 0 Å². The first-order valence-electron chi connectivity index (χ1n) is 14.1. The first-order chi connectivity index (χ1) is 16.9. The fraction of sp³-hybridized carbons (Fsp3) is 0.742. The minimum absolute atomic E-state index is 0.0513. The molecule has 5 rings (SSSR count). The van der Waals surface area contributed by atoms with E-state index in [1.165, 1.54) is 0 Å². The number of aliphatic hydroxyl groups is 2. The molecule has 0 radical (unpaired) electrons. The molecule has 10 atom stereocenters. The maximum Gasteiger partial charge on any atom is 0.417 e. The zero-order valence-electron chi connectivity index (χ0n) is 22.0. The number of rotatable bonds is 4.